The third-order valence-electron chi connectivity index (χ3n) is 10.7. The molecule has 2 aliphatic heterocycles. The number of aliphatic imine (C=N–C) groups is 1. The van der Waals surface area contributed by atoms with Crippen molar-refractivity contribution in [2.45, 2.75) is 71.3 Å². The fourth-order valence-electron chi connectivity index (χ4n) is 7.78. The molecule has 1 atom stereocenters. The summed E-state index contributed by atoms with van der Waals surface area (Å²) in [5.74, 6) is 3.26. The SMILES string of the molecule is Cc1cc(C)c(C2=N[C@H](C(c3ccccc3)c3ccccc3)CS2)[c-]c1Oc1[c-]c2c(cc1)C(C)(C)c1ccccc1N2c1cc(C(C)(C)C)ccn1.[Pt+2]. The van der Waals surface area contributed by atoms with Crippen LogP contribution in [-0.4, -0.2) is 21.8 Å². The third-order valence-corrected chi connectivity index (χ3v) is 11.8. The summed E-state index contributed by atoms with van der Waals surface area (Å²) in [6.45, 7) is 15.5. The number of aromatic nitrogens is 1. The fourth-order valence-corrected chi connectivity index (χ4v) is 8.94. The molecule has 54 heavy (non-hydrogen) atoms. The smallest absolute Gasteiger partial charge is 0.503 e. The number of anilines is 3. The van der Waals surface area contributed by atoms with E-state index in [1.54, 1.807) is 0 Å². The first kappa shape index (κ1) is 37.9. The Bertz CT molecular complexity index is 2290. The summed E-state index contributed by atoms with van der Waals surface area (Å²) < 4.78 is 6.74. The standard InChI is InChI=1S/C48H45N3OS.Pt/c1-31-26-32(2)43(29-37(31)46-50-40(30-53-46)45(33-16-10-8-11-17-33)34-18-12-9-13-19-34)52-36-22-23-39-42(28-36)51(41-21-15-14-20-38(41)48(39,6)7)44-27-35(24-25-49-44)47(3,4)5;/h8-27,40,45H,30H2,1-7H3;/q-2;+2/t40-;/m0./s1. The van der Waals surface area contributed by atoms with Crippen molar-refractivity contribution in [1.82, 2.24) is 4.98 Å². The molecule has 0 bridgehead atoms. The second-order valence-electron chi connectivity index (χ2n) is 15.8. The summed E-state index contributed by atoms with van der Waals surface area (Å²) in [4.78, 5) is 12.5. The van der Waals surface area contributed by atoms with Crippen LogP contribution in [0.3, 0.4) is 0 Å². The molecule has 2 aliphatic rings. The molecule has 6 aromatic rings. The van der Waals surface area contributed by atoms with Gasteiger partial charge in [-0.15, -0.1) is 34.9 Å². The van der Waals surface area contributed by atoms with Gasteiger partial charge in [0.2, 0.25) is 0 Å². The molecule has 0 spiro atoms. The first-order valence-corrected chi connectivity index (χ1v) is 19.4. The fraction of sp³-hybridized carbons (Fsp3) is 0.250. The first-order chi connectivity index (χ1) is 25.5. The maximum Gasteiger partial charge on any atom is 2.00 e. The number of thioether (sulfide) groups is 1. The predicted molar refractivity (Wildman–Crippen MR) is 221 cm³/mol. The summed E-state index contributed by atoms with van der Waals surface area (Å²) >= 11 is 1.81. The Morgan fingerprint density at radius 1 is 0.796 bits per heavy atom. The summed E-state index contributed by atoms with van der Waals surface area (Å²) in [5, 5.41) is 1.01. The van der Waals surface area contributed by atoms with Gasteiger partial charge >= 0.3 is 21.1 Å². The van der Waals surface area contributed by atoms with E-state index in [0.29, 0.717) is 11.5 Å². The van der Waals surface area contributed by atoms with Gasteiger partial charge in [-0.1, -0.05) is 145 Å². The van der Waals surface area contributed by atoms with E-state index in [1.807, 2.05) is 24.0 Å². The van der Waals surface area contributed by atoms with Gasteiger partial charge < -0.3 is 14.6 Å². The summed E-state index contributed by atoms with van der Waals surface area (Å²) in [6.07, 6.45) is 1.92. The van der Waals surface area contributed by atoms with E-state index in [2.05, 4.69) is 175 Å². The van der Waals surface area contributed by atoms with Gasteiger partial charge in [-0.05, 0) is 51.3 Å². The minimum Gasteiger partial charge on any atom is -0.503 e. The number of hydrogen-bond donors (Lipinski definition) is 0. The van der Waals surface area contributed by atoms with Crippen molar-refractivity contribution in [3.63, 3.8) is 0 Å². The molecule has 0 unspecified atom stereocenters. The number of aryl methyl sites for hydroxylation is 2. The summed E-state index contributed by atoms with van der Waals surface area (Å²) in [5.41, 5.74) is 11.2. The van der Waals surface area contributed by atoms with Gasteiger partial charge in [-0.2, -0.15) is 17.8 Å². The van der Waals surface area contributed by atoms with E-state index in [9.17, 15) is 0 Å². The van der Waals surface area contributed by atoms with Crippen LogP contribution in [0.15, 0.2) is 126 Å². The molecule has 0 fully saturated rings. The van der Waals surface area contributed by atoms with Gasteiger partial charge in [0.1, 0.15) is 5.82 Å². The number of fused-ring (bicyclic) bond motifs is 2. The number of benzene rings is 5. The normalized spacial score (nSPS) is 16.0. The van der Waals surface area contributed by atoms with Crippen molar-refractivity contribution in [3.8, 4) is 11.5 Å². The van der Waals surface area contributed by atoms with E-state index in [1.165, 1.54) is 27.8 Å². The van der Waals surface area contributed by atoms with E-state index in [4.69, 9.17) is 14.7 Å². The molecule has 4 nitrogen and oxygen atoms in total. The molecule has 8 rings (SSSR count). The molecule has 0 N–H and O–H groups in total. The molecule has 274 valence electrons. The monoisotopic (exact) mass is 906 g/mol. The number of para-hydroxylation sites is 1. The van der Waals surface area contributed by atoms with Crippen LogP contribution >= 0.6 is 11.8 Å². The van der Waals surface area contributed by atoms with Crippen molar-refractivity contribution in [3.05, 3.63) is 178 Å². The topological polar surface area (TPSA) is 37.7 Å². The number of hydrogen-bond acceptors (Lipinski definition) is 5. The third kappa shape index (κ3) is 7.09. The van der Waals surface area contributed by atoms with Crippen LogP contribution in [0.5, 0.6) is 11.5 Å². The Hall–Kier alpha value is -4.44. The molecular weight excluding hydrogens is 862 g/mol. The second kappa shape index (κ2) is 15.0. The van der Waals surface area contributed by atoms with Crippen LogP contribution in [0.2, 0.25) is 0 Å². The van der Waals surface area contributed by atoms with Crippen molar-refractivity contribution in [2.75, 3.05) is 10.7 Å². The van der Waals surface area contributed by atoms with Crippen LogP contribution < -0.4 is 9.64 Å². The molecular formula is C48H45N3OPtS. The Morgan fingerprint density at radius 3 is 2.15 bits per heavy atom. The molecule has 1 aromatic heterocycles. The molecule has 6 heteroatoms. The van der Waals surface area contributed by atoms with Gasteiger partial charge in [0.15, 0.2) is 0 Å². The average Bonchev–Trinajstić information content (AvgIpc) is 3.63. The Labute approximate surface area is 339 Å². The van der Waals surface area contributed by atoms with Gasteiger partial charge in [0.05, 0.1) is 6.04 Å². The Balaban J connectivity index is 0.00000450. The molecule has 0 saturated heterocycles. The van der Waals surface area contributed by atoms with Crippen molar-refractivity contribution >= 4 is 34.0 Å². The maximum atomic E-state index is 6.74. The van der Waals surface area contributed by atoms with E-state index in [0.717, 1.165) is 44.7 Å². The number of nitrogens with zero attached hydrogens (tertiary/aromatic N) is 3. The van der Waals surface area contributed by atoms with E-state index >= 15 is 0 Å². The van der Waals surface area contributed by atoms with Crippen LogP contribution in [0.25, 0.3) is 0 Å². The number of ether oxygens (including phenoxy) is 1. The van der Waals surface area contributed by atoms with Gasteiger partial charge in [-0.3, -0.25) is 0 Å². The van der Waals surface area contributed by atoms with Crippen molar-refractivity contribution < 1.29 is 25.8 Å². The van der Waals surface area contributed by atoms with Crippen LogP contribution in [0.4, 0.5) is 17.2 Å². The molecule has 0 aliphatic carbocycles. The minimum atomic E-state index is -0.246. The van der Waals surface area contributed by atoms with Gasteiger partial charge in [0, 0.05) is 40.1 Å². The van der Waals surface area contributed by atoms with Gasteiger partial charge in [0.25, 0.3) is 0 Å². The Kier molecular flexibility index (Phi) is 10.5. The van der Waals surface area contributed by atoms with Crippen LogP contribution in [-0.2, 0) is 31.9 Å². The van der Waals surface area contributed by atoms with Crippen LogP contribution in [0.1, 0.15) is 85.0 Å². The quantitative estimate of drug-likeness (QED) is 0.150. The van der Waals surface area contributed by atoms with Gasteiger partial charge in [-0.25, -0.2) is 4.98 Å². The molecule has 0 radical (unpaired) electrons. The first-order valence-electron chi connectivity index (χ1n) is 18.4. The predicted octanol–water partition coefficient (Wildman–Crippen LogP) is 12.2. The average molecular weight is 907 g/mol. The van der Waals surface area contributed by atoms with Crippen molar-refractivity contribution in [2.24, 2.45) is 4.99 Å². The molecule has 3 heterocycles. The van der Waals surface area contributed by atoms with E-state index in [-0.39, 0.29) is 43.9 Å². The zero-order valence-electron chi connectivity index (χ0n) is 31.9. The van der Waals surface area contributed by atoms with Crippen LogP contribution in [0, 0.1) is 26.0 Å². The number of rotatable bonds is 7. The maximum absolute atomic E-state index is 6.74. The summed E-state index contributed by atoms with van der Waals surface area (Å²) in [6, 6.07) is 48.4. The zero-order chi connectivity index (χ0) is 36.9. The Morgan fingerprint density at radius 2 is 1.46 bits per heavy atom. The summed E-state index contributed by atoms with van der Waals surface area (Å²) in [7, 11) is 0. The number of pyridine rings is 1. The molecule has 5 aromatic carbocycles. The zero-order valence-corrected chi connectivity index (χ0v) is 35.0. The van der Waals surface area contributed by atoms with Crippen molar-refractivity contribution in [1.29, 1.82) is 0 Å². The minimum absolute atomic E-state index is 0. The van der Waals surface area contributed by atoms with E-state index < -0.39 is 0 Å². The molecule has 0 amide bonds. The largest absolute Gasteiger partial charge is 2.00 e. The molecule has 0 saturated carbocycles. The second-order valence-corrected chi connectivity index (χ2v) is 16.8.